The van der Waals surface area contributed by atoms with Gasteiger partial charge in [-0.1, -0.05) is 6.07 Å². The quantitative estimate of drug-likeness (QED) is 0.221. The molecule has 1 aromatic carbocycles. The molecule has 1 heterocycles. The van der Waals surface area contributed by atoms with Crippen LogP contribution in [0.25, 0.3) is 0 Å². The highest BCUT2D eigenvalue weighted by Crippen LogP contribution is 2.28. The normalized spacial score (nSPS) is 15.0. The number of nitrogens with one attached hydrogen (secondary N) is 1. The third-order valence-electron chi connectivity index (χ3n) is 4.78. The smallest absolute Gasteiger partial charge is 0.193 e. The second-order valence-electron chi connectivity index (χ2n) is 6.72. The number of ether oxygens (including phenoxy) is 4. The van der Waals surface area contributed by atoms with Crippen LogP contribution < -0.4 is 14.8 Å². The molecule has 1 saturated heterocycles. The second kappa shape index (κ2) is 14.7. The van der Waals surface area contributed by atoms with Gasteiger partial charge in [-0.3, -0.25) is 4.99 Å². The van der Waals surface area contributed by atoms with E-state index in [2.05, 4.69) is 15.2 Å². The summed E-state index contributed by atoms with van der Waals surface area (Å²) < 4.78 is 22.0. The number of guanidine groups is 1. The molecule has 1 N–H and O–H groups in total. The molecule has 1 aliphatic heterocycles. The number of halogens is 1. The van der Waals surface area contributed by atoms with E-state index in [9.17, 15) is 0 Å². The van der Waals surface area contributed by atoms with Crippen molar-refractivity contribution in [2.45, 2.75) is 38.8 Å². The monoisotopic (exact) mass is 521 g/mol. The molecule has 0 aromatic heterocycles. The van der Waals surface area contributed by atoms with E-state index < -0.39 is 0 Å². The van der Waals surface area contributed by atoms with Crippen LogP contribution in [0.4, 0.5) is 0 Å². The fraction of sp³-hybridized carbons (Fsp3) is 0.667. The minimum absolute atomic E-state index is 0. The van der Waals surface area contributed by atoms with Crippen LogP contribution in [-0.4, -0.2) is 71.1 Å². The summed E-state index contributed by atoms with van der Waals surface area (Å²) in [6.07, 6.45) is 3.32. The lowest BCUT2D eigenvalue weighted by Gasteiger charge is -2.34. The zero-order valence-electron chi connectivity index (χ0n) is 18.1. The molecule has 29 heavy (non-hydrogen) atoms. The first-order valence-electron chi connectivity index (χ1n) is 10.1. The van der Waals surface area contributed by atoms with Crippen molar-refractivity contribution in [1.82, 2.24) is 10.2 Å². The molecule has 0 radical (unpaired) electrons. The van der Waals surface area contributed by atoms with Gasteiger partial charge in [0.05, 0.1) is 19.8 Å². The van der Waals surface area contributed by atoms with Crippen LogP contribution in [0.15, 0.2) is 23.2 Å². The van der Waals surface area contributed by atoms with E-state index in [-0.39, 0.29) is 24.0 Å². The zero-order chi connectivity index (χ0) is 20.2. The van der Waals surface area contributed by atoms with Gasteiger partial charge in [0.25, 0.3) is 0 Å². The lowest BCUT2D eigenvalue weighted by Crippen LogP contribution is -2.46. The number of methoxy groups -OCH3 is 2. The van der Waals surface area contributed by atoms with Crippen LogP contribution in [-0.2, 0) is 16.0 Å². The summed E-state index contributed by atoms with van der Waals surface area (Å²) in [5.41, 5.74) is 1.12. The third-order valence-corrected chi connectivity index (χ3v) is 4.78. The van der Waals surface area contributed by atoms with E-state index in [4.69, 9.17) is 18.9 Å². The molecule has 0 saturated carbocycles. The highest BCUT2D eigenvalue weighted by atomic mass is 127. The van der Waals surface area contributed by atoms with Crippen LogP contribution in [0.1, 0.15) is 31.7 Å². The maximum absolute atomic E-state index is 5.94. The van der Waals surface area contributed by atoms with Crippen LogP contribution in [0.2, 0.25) is 0 Å². The molecule has 0 bridgehead atoms. The van der Waals surface area contributed by atoms with Gasteiger partial charge in [0.1, 0.15) is 0 Å². The summed E-state index contributed by atoms with van der Waals surface area (Å²) in [7, 11) is 5.21. The van der Waals surface area contributed by atoms with Gasteiger partial charge in [-0.2, -0.15) is 0 Å². The molecular weight excluding hydrogens is 485 g/mol. The number of aliphatic imine (C=N–C) groups is 1. The number of hydrogen-bond donors (Lipinski definition) is 1. The molecule has 1 aliphatic rings. The van der Waals surface area contributed by atoms with Crippen molar-refractivity contribution in [1.29, 1.82) is 0 Å². The number of nitrogens with zero attached hydrogens (tertiary/aromatic N) is 2. The largest absolute Gasteiger partial charge is 0.493 e. The molecule has 0 amide bonds. The van der Waals surface area contributed by atoms with Gasteiger partial charge < -0.3 is 29.2 Å². The van der Waals surface area contributed by atoms with Gasteiger partial charge in [0, 0.05) is 47.0 Å². The summed E-state index contributed by atoms with van der Waals surface area (Å²) in [4.78, 5) is 6.74. The Morgan fingerprint density at radius 1 is 1.17 bits per heavy atom. The zero-order valence-corrected chi connectivity index (χ0v) is 20.4. The van der Waals surface area contributed by atoms with Gasteiger partial charge in [-0.15, -0.1) is 24.0 Å². The maximum Gasteiger partial charge on any atom is 0.193 e. The highest BCUT2D eigenvalue weighted by Gasteiger charge is 2.21. The summed E-state index contributed by atoms with van der Waals surface area (Å²) >= 11 is 0. The second-order valence-corrected chi connectivity index (χ2v) is 6.72. The van der Waals surface area contributed by atoms with Crippen LogP contribution >= 0.6 is 24.0 Å². The molecule has 1 aromatic rings. The molecule has 2 rings (SSSR count). The first-order chi connectivity index (χ1) is 13.7. The lowest BCUT2D eigenvalue weighted by atomic mass is 10.1. The Morgan fingerprint density at radius 2 is 1.93 bits per heavy atom. The van der Waals surface area contributed by atoms with Crippen molar-refractivity contribution >= 4 is 29.9 Å². The minimum Gasteiger partial charge on any atom is -0.493 e. The fourth-order valence-electron chi connectivity index (χ4n) is 3.30. The Labute approximate surface area is 192 Å². The van der Waals surface area contributed by atoms with E-state index in [0.29, 0.717) is 19.3 Å². The molecule has 166 valence electrons. The SMILES string of the molecule is CCOc1ccc(CNC(=NC)N2CCC(OCCCOC)CC2)cc1OC.I. The lowest BCUT2D eigenvalue weighted by molar-refractivity contribution is 0.00989. The summed E-state index contributed by atoms with van der Waals surface area (Å²) in [5.74, 6) is 2.44. The van der Waals surface area contributed by atoms with E-state index >= 15 is 0 Å². The molecule has 0 atom stereocenters. The molecule has 7 nitrogen and oxygen atoms in total. The van der Waals surface area contributed by atoms with Crippen LogP contribution in [0.3, 0.4) is 0 Å². The predicted octanol–water partition coefficient (Wildman–Crippen LogP) is 3.30. The maximum atomic E-state index is 5.94. The van der Waals surface area contributed by atoms with Crippen molar-refractivity contribution in [2.75, 3.05) is 54.2 Å². The number of hydrogen-bond acceptors (Lipinski definition) is 5. The van der Waals surface area contributed by atoms with E-state index in [1.165, 1.54) is 0 Å². The van der Waals surface area contributed by atoms with Gasteiger partial charge in [0.15, 0.2) is 17.5 Å². The number of likely N-dealkylation sites (tertiary alicyclic amines) is 1. The summed E-state index contributed by atoms with van der Waals surface area (Å²) in [6, 6.07) is 6.01. The van der Waals surface area contributed by atoms with Crippen molar-refractivity contribution < 1.29 is 18.9 Å². The van der Waals surface area contributed by atoms with E-state index in [1.807, 2.05) is 32.2 Å². The topological polar surface area (TPSA) is 64.6 Å². The van der Waals surface area contributed by atoms with Crippen molar-refractivity contribution in [3.8, 4) is 11.5 Å². The summed E-state index contributed by atoms with van der Waals surface area (Å²) in [5, 5.41) is 3.46. The summed E-state index contributed by atoms with van der Waals surface area (Å²) in [6.45, 7) is 6.68. The number of benzene rings is 1. The number of piperidine rings is 1. The Hall–Kier alpha value is -1.26. The third kappa shape index (κ3) is 8.55. The minimum atomic E-state index is 0. The van der Waals surface area contributed by atoms with E-state index in [1.54, 1.807) is 14.2 Å². The Bertz CT molecular complexity index is 608. The molecular formula is C21H36IN3O4. The standard InChI is InChI=1S/C21H35N3O4.HI/c1-5-27-19-8-7-17(15-20(19)26-4)16-23-21(22-2)24-11-9-18(10-12-24)28-14-6-13-25-3;/h7-8,15,18H,5-6,9-14,16H2,1-4H3,(H,22,23);1H. The molecule has 8 heteroatoms. The first-order valence-corrected chi connectivity index (χ1v) is 10.1. The average Bonchev–Trinajstić information content (AvgIpc) is 2.73. The Morgan fingerprint density at radius 3 is 2.55 bits per heavy atom. The first kappa shape index (κ1) is 25.8. The highest BCUT2D eigenvalue weighted by molar-refractivity contribution is 14.0. The van der Waals surface area contributed by atoms with Gasteiger partial charge >= 0.3 is 0 Å². The van der Waals surface area contributed by atoms with Gasteiger partial charge in [-0.25, -0.2) is 0 Å². The van der Waals surface area contributed by atoms with Crippen molar-refractivity contribution in [2.24, 2.45) is 4.99 Å². The van der Waals surface area contributed by atoms with Gasteiger partial charge in [-0.05, 0) is 43.9 Å². The molecule has 0 spiro atoms. The van der Waals surface area contributed by atoms with Crippen LogP contribution in [0, 0.1) is 0 Å². The van der Waals surface area contributed by atoms with Crippen LogP contribution in [0.5, 0.6) is 11.5 Å². The van der Waals surface area contributed by atoms with Crippen molar-refractivity contribution in [3.63, 3.8) is 0 Å². The molecule has 1 fully saturated rings. The predicted molar refractivity (Wildman–Crippen MR) is 127 cm³/mol. The Balaban J connectivity index is 0.00000420. The van der Waals surface area contributed by atoms with Gasteiger partial charge in [0.2, 0.25) is 0 Å². The Kier molecular flexibility index (Phi) is 13.0. The molecule has 0 unspecified atom stereocenters. The number of rotatable bonds is 10. The van der Waals surface area contributed by atoms with Crippen molar-refractivity contribution in [3.05, 3.63) is 23.8 Å². The average molecular weight is 521 g/mol. The molecule has 0 aliphatic carbocycles. The van der Waals surface area contributed by atoms with E-state index in [0.717, 1.165) is 68.6 Å². The fourth-order valence-corrected chi connectivity index (χ4v) is 3.30.